The monoisotopic (exact) mass is 259 g/mol. The van der Waals surface area contributed by atoms with Gasteiger partial charge in [-0.2, -0.15) is 0 Å². The summed E-state index contributed by atoms with van der Waals surface area (Å²) in [6, 6.07) is 9.72. The van der Waals surface area contributed by atoms with Crippen LogP contribution >= 0.6 is 6.49 Å². The molecule has 0 radical (unpaired) electrons. The van der Waals surface area contributed by atoms with Crippen LogP contribution in [0, 0.1) is 0 Å². The van der Waals surface area contributed by atoms with Gasteiger partial charge in [0.15, 0.2) is 0 Å². The van der Waals surface area contributed by atoms with Crippen molar-refractivity contribution in [2.24, 2.45) is 5.73 Å². The largest absolute Gasteiger partial charge is 0.328 e. The third kappa shape index (κ3) is 3.37. The van der Waals surface area contributed by atoms with Crippen molar-refractivity contribution >= 4 is 18.3 Å². The van der Waals surface area contributed by atoms with E-state index in [0.29, 0.717) is 13.2 Å². The molecular formula is C11H18NO2PS. The van der Waals surface area contributed by atoms with E-state index in [4.69, 9.17) is 26.6 Å². The minimum atomic E-state index is -2.42. The average Bonchev–Trinajstić information content (AvgIpc) is 2.30. The Hall–Kier alpha value is -0.250. The Morgan fingerprint density at radius 1 is 1.19 bits per heavy atom. The van der Waals surface area contributed by atoms with Crippen molar-refractivity contribution in [1.82, 2.24) is 0 Å². The van der Waals surface area contributed by atoms with Crippen LogP contribution in [0.4, 0.5) is 0 Å². The van der Waals surface area contributed by atoms with Gasteiger partial charge < -0.3 is 14.8 Å². The summed E-state index contributed by atoms with van der Waals surface area (Å²) in [5.41, 5.74) is 7.11. The van der Waals surface area contributed by atoms with Gasteiger partial charge in [-0.3, -0.25) is 0 Å². The Morgan fingerprint density at radius 2 is 1.69 bits per heavy atom. The molecule has 0 unspecified atom stereocenters. The van der Waals surface area contributed by atoms with E-state index in [9.17, 15) is 0 Å². The van der Waals surface area contributed by atoms with Crippen LogP contribution in [-0.4, -0.2) is 13.2 Å². The zero-order chi connectivity index (χ0) is 12.0. The maximum atomic E-state index is 6.14. The number of nitrogens with two attached hydrogens (primary N) is 1. The van der Waals surface area contributed by atoms with Crippen LogP contribution in [0.5, 0.6) is 0 Å². The molecule has 1 aromatic carbocycles. The second kappa shape index (κ2) is 6.48. The first-order valence-corrected chi connectivity index (χ1v) is 8.04. The molecule has 0 saturated heterocycles. The Morgan fingerprint density at radius 3 is 2.12 bits per heavy atom. The van der Waals surface area contributed by atoms with Crippen molar-refractivity contribution in [3.05, 3.63) is 35.9 Å². The van der Waals surface area contributed by atoms with Gasteiger partial charge in [0.05, 0.1) is 13.2 Å². The van der Waals surface area contributed by atoms with Crippen molar-refractivity contribution < 1.29 is 9.05 Å². The quantitative estimate of drug-likeness (QED) is 0.798. The van der Waals surface area contributed by atoms with E-state index in [2.05, 4.69) is 0 Å². The summed E-state index contributed by atoms with van der Waals surface area (Å²) in [6.07, 6.45) is 0. The maximum absolute atomic E-state index is 6.14. The van der Waals surface area contributed by atoms with Gasteiger partial charge in [-0.1, -0.05) is 30.3 Å². The SMILES string of the molecule is CCOP(=S)(OCC)[C@@H](N)c1ccccc1. The highest BCUT2D eigenvalue weighted by Gasteiger charge is 2.28. The highest BCUT2D eigenvalue weighted by atomic mass is 32.5. The summed E-state index contributed by atoms with van der Waals surface area (Å²) >= 11 is 5.45. The molecule has 5 heteroatoms. The van der Waals surface area contributed by atoms with E-state index >= 15 is 0 Å². The van der Waals surface area contributed by atoms with Gasteiger partial charge in [-0.15, -0.1) is 0 Å². The van der Waals surface area contributed by atoms with Crippen molar-refractivity contribution in [1.29, 1.82) is 0 Å². The van der Waals surface area contributed by atoms with Crippen molar-refractivity contribution in [3.63, 3.8) is 0 Å². The third-order valence-corrected chi connectivity index (χ3v) is 5.63. The normalized spacial score (nSPS) is 13.7. The lowest BCUT2D eigenvalue weighted by Crippen LogP contribution is -2.14. The van der Waals surface area contributed by atoms with Crippen LogP contribution in [0.15, 0.2) is 30.3 Å². The smallest absolute Gasteiger partial charge is 0.210 e. The van der Waals surface area contributed by atoms with Gasteiger partial charge in [-0.25, -0.2) is 0 Å². The molecule has 0 aliphatic carbocycles. The molecule has 0 aliphatic heterocycles. The molecule has 16 heavy (non-hydrogen) atoms. The highest BCUT2D eigenvalue weighted by Crippen LogP contribution is 2.58. The number of hydrogen-bond acceptors (Lipinski definition) is 4. The second-order valence-corrected chi connectivity index (χ2v) is 6.91. The van der Waals surface area contributed by atoms with Gasteiger partial charge in [0.1, 0.15) is 5.78 Å². The first-order chi connectivity index (χ1) is 7.64. The third-order valence-electron chi connectivity index (χ3n) is 2.10. The second-order valence-electron chi connectivity index (χ2n) is 3.23. The molecule has 0 heterocycles. The first kappa shape index (κ1) is 13.8. The predicted octanol–water partition coefficient (Wildman–Crippen LogP) is 3.03. The van der Waals surface area contributed by atoms with Gasteiger partial charge in [-0.05, 0) is 31.2 Å². The fraction of sp³-hybridized carbons (Fsp3) is 0.455. The van der Waals surface area contributed by atoms with Gasteiger partial charge in [0.2, 0.25) is 6.49 Å². The summed E-state index contributed by atoms with van der Waals surface area (Å²) < 4.78 is 11.1. The lowest BCUT2D eigenvalue weighted by atomic mass is 10.2. The summed E-state index contributed by atoms with van der Waals surface area (Å²) in [5, 5.41) is 0. The van der Waals surface area contributed by atoms with Crippen molar-refractivity contribution in [3.8, 4) is 0 Å². The number of rotatable bonds is 6. The number of hydrogen-bond donors (Lipinski definition) is 1. The van der Waals surface area contributed by atoms with E-state index in [1.807, 2.05) is 44.2 Å². The van der Waals surface area contributed by atoms with Crippen molar-refractivity contribution in [2.45, 2.75) is 19.6 Å². The fourth-order valence-corrected chi connectivity index (χ4v) is 4.04. The molecule has 1 rings (SSSR count). The molecular weight excluding hydrogens is 241 g/mol. The first-order valence-electron chi connectivity index (χ1n) is 5.33. The lowest BCUT2D eigenvalue weighted by molar-refractivity contribution is 0.259. The molecule has 1 atom stereocenters. The van der Waals surface area contributed by atoms with E-state index < -0.39 is 6.49 Å². The number of benzene rings is 1. The van der Waals surface area contributed by atoms with E-state index in [-0.39, 0.29) is 5.78 Å². The zero-order valence-corrected chi connectivity index (χ0v) is 11.3. The highest BCUT2D eigenvalue weighted by molar-refractivity contribution is 8.10. The summed E-state index contributed by atoms with van der Waals surface area (Å²) in [4.78, 5) is 0. The lowest BCUT2D eigenvalue weighted by Gasteiger charge is -2.27. The maximum Gasteiger partial charge on any atom is 0.210 e. The van der Waals surface area contributed by atoms with Crippen LogP contribution in [0.3, 0.4) is 0 Å². The molecule has 0 aliphatic rings. The molecule has 0 spiro atoms. The van der Waals surface area contributed by atoms with Crippen LogP contribution in [0.1, 0.15) is 25.2 Å². The topological polar surface area (TPSA) is 44.5 Å². The van der Waals surface area contributed by atoms with Crippen LogP contribution in [-0.2, 0) is 20.9 Å². The Balaban J connectivity index is 2.91. The standard InChI is InChI=1S/C11H18NO2PS/c1-3-13-15(16,14-4-2)11(12)10-8-6-5-7-9-10/h5-9,11H,3-4,12H2,1-2H3/t11-/m1/s1. The summed E-state index contributed by atoms with van der Waals surface area (Å²) in [7, 11) is 0. The molecule has 1 aromatic rings. The van der Waals surface area contributed by atoms with Crippen LogP contribution in [0.25, 0.3) is 0 Å². The Labute approximate surface area is 102 Å². The minimum absolute atomic E-state index is 0.358. The van der Waals surface area contributed by atoms with Crippen LogP contribution < -0.4 is 5.73 Å². The molecule has 90 valence electrons. The molecule has 3 nitrogen and oxygen atoms in total. The molecule has 0 bridgehead atoms. The molecule has 0 aromatic heterocycles. The molecule has 0 saturated carbocycles. The molecule has 0 fully saturated rings. The van der Waals surface area contributed by atoms with Gasteiger partial charge in [0, 0.05) is 0 Å². The summed E-state index contributed by atoms with van der Waals surface area (Å²) in [5.74, 6) is -0.358. The van der Waals surface area contributed by atoms with E-state index in [1.165, 1.54) is 0 Å². The fourth-order valence-electron chi connectivity index (χ4n) is 1.39. The summed E-state index contributed by atoms with van der Waals surface area (Å²) in [6.45, 7) is 2.43. The zero-order valence-electron chi connectivity index (χ0n) is 9.63. The van der Waals surface area contributed by atoms with Gasteiger partial charge >= 0.3 is 0 Å². The van der Waals surface area contributed by atoms with Gasteiger partial charge in [0.25, 0.3) is 0 Å². The Kier molecular flexibility index (Phi) is 5.59. The van der Waals surface area contributed by atoms with Crippen molar-refractivity contribution in [2.75, 3.05) is 13.2 Å². The van der Waals surface area contributed by atoms with Crippen LogP contribution in [0.2, 0.25) is 0 Å². The van der Waals surface area contributed by atoms with E-state index in [0.717, 1.165) is 5.56 Å². The Bertz CT molecular complexity index is 348. The molecule has 2 N–H and O–H groups in total. The van der Waals surface area contributed by atoms with E-state index in [1.54, 1.807) is 0 Å². The molecule has 0 amide bonds. The predicted molar refractivity (Wildman–Crippen MR) is 70.9 cm³/mol. The average molecular weight is 259 g/mol. The minimum Gasteiger partial charge on any atom is -0.328 e.